The molecule has 1 N–H and O–H groups in total. The molecule has 1 saturated carbocycles. The summed E-state index contributed by atoms with van der Waals surface area (Å²) in [6, 6.07) is 8.06. The first kappa shape index (κ1) is 11.1. The number of amides is 1. The molecule has 0 radical (unpaired) electrons. The van der Waals surface area contributed by atoms with Crippen molar-refractivity contribution in [3.63, 3.8) is 0 Å². The highest BCUT2D eigenvalue weighted by molar-refractivity contribution is 6.30. The van der Waals surface area contributed by atoms with Gasteiger partial charge in [-0.1, -0.05) is 23.7 Å². The highest BCUT2D eigenvalue weighted by Crippen LogP contribution is 2.37. The number of rotatable bonds is 2. The van der Waals surface area contributed by atoms with Crippen molar-refractivity contribution in [2.24, 2.45) is 0 Å². The molecule has 17 heavy (non-hydrogen) atoms. The van der Waals surface area contributed by atoms with E-state index in [-0.39, 0.29) is 18.1 Å². The molecule has 0 bridgehead atoms. The molecule has 4 heteroatoms. The molecule has 2 unspecified atom stereocenters. The van der Waals surface area contributed by atoms with E-state index in [4.69, 9.17) is 11.6 Å². The number of halogens is 1. The Kier molecular flexibility index (Phi) is 2.60. The molecule has 3 rings (SSSR count). The summed E-state index contributed by atoms with van der Waals surface area (Å²) in [6.45, 7) is 1.92. The summed E-state index contributed by atoms with van der Waals surface area (Å²) < 4.78 is 0. The van der Waals surface area contributed by atoms with Crippen molar-refractivity contribution in [2.45, 2.75) is 38.0 Å². The number of benzene rings is 1. The van der Waals surface area contributed by atoms with Crippen molar-refractivity contribution in [2.75, 3.05) is 0 Å². The molecule has 2 fully saturated rings. The van der Waals surface area contributed by atoms with Crippen LogP contribution >= 0.6 is 11.6 Å². The molecule has 0 spiro atoms. The Morgan fingerprint density at radius 1 is 1.29 bits per heavy atom. The van der Waals surface area contributed by atoms with Crippen LogP contribution in [0.3, 0.4) is 0 Å². The molecule has 1 heterocycles. The number of hydrogen-bond acceptors (Lipinski definition) is 2. The van der Waals surface area contributed by atoms with Crippen LogP contribution in [0.5, 0.6) is 0 Å². The summed E-state index contributed by atoms with van der Waals surface area (Å²) in [5, 5.41) is 4.07. The average molecular weight is 251 g/mol. The minimum absolute atomic E-state index is 0.0160. The van der Waals surface area contributed by atoms with Crippen LogP contribution in [0.2, 0.25) is 5.02 Å². The second-order valence-corrected chi connectivity index (χ2v) is 5.26. The van der Waals surface area contributed by atoms with Crippen molar-refractivity contribution in [1.29, 1.82) is 0 Å². The second kappa shape index (κ2) is 4.00. The summed E-state index contributed by atoms with van der Waals surface area (Å²) in [6.07, 6.45) is 2.27. The standard InChI is InChI=1S/C13H15ClN2O/c1-8-13(17)16(11-6-7-11)12(15-8)9-2-4-10(14)5-3-9/h2-5,8,11-12,15H,6-7H2,1H3. The second-order valence-electron chi connectivity index (χ2n) is 4.82. The fraction of sp³-hybridized carbons (Fsp3) is 0.462. The number of carbonyl (C=O) groups excluding carboxylic acids is 1. The fourth-order valence-corrected chi connectivity index (χ4v) is 2.51. The van der Waals surface area contributed by atoms with Crippen LogP contribution in [0.15, 0.2) is 24.3 Å². The third kappa shape index (κ3) is 1.94. The van der Waals surface area contributed by atoms with Gasteiger partial charge >= 0.3 is 0 Å². The predicted octanol–water partition coefficient (Wildman–Crippen LogP) is 2.32. The van der Waals surface area contributed by atoms with Crippen molar-refractivity contribution in [3.8, 4) is 0 Å². The monoisotopic (exact) mass is 250 g/mol. The Labute approximate surface area is 106 Å². The lowest BCUT2D eigenvalue weighted by Gasteiger charge is -2.24. The number of nitrogens with one attached hydrogen (secondary N) is 1. The Bertz CT molecular complexity index is 441. The van der Waals surface area contributed by atoms with E-state index < -0.39 is 0 Å². The highest BCUT2D eigenvalue weighted by atomic mass is 35.5. The first-order valence-corrected chi connectivity index (χ1v) is 6.38. The Balaban J connectivity index is 1.90. The van der Waals surface area contributed by atoms with Crippen LogP contribution in [-0.2, 0) is 4.79 Å². The Hall–Kier alpha value is -1.06. The van der Waals surface area contributed by atoms with Gasteiger partial charge in [0.25, 0.3) is 0 Å². The third-order valence-corrected chi connectivity index (χ3v) is 3.69. The van der Waals surface area contributed by atoms with Crippen LogP contribution in [0.25, 0.3) is 0 Å². The van der Waals surface area contributed by atoms with Crippen LogP contribution in [0.4, 0.5) is 0 Å². The molecule has 2 aliphatic rings. The van der Waals surface area contributed by atoms with Gasteiger partial charge in [-0.15, -0.1) is 0 Å². The zero-order valence-corrected chi connectivity index (χ0v) is 10.4. The molecule has 1 saturated heterocycles. The number of carbonyl (C=O) groups is 1. The van der Waals surface area contributed by atoms with Gasteiger partial charge in [0.2, 0.25) is 5.91 Å². The topological polar surface area (TPSA) is 32.3 Å². The van der Waals surface area contributed by atoms with Crippen LogP contribution in [-0.4, -0.2) is 22.9 Å². The Morgan fingerprint density at radius 3 is 2.53 bits per heavy atom. The van der Waals surface area contributed by atoms with E-state index in [2.05, 4.69) is 5.32 Å². The minimum atomic E-state index is -0.0868. The summed E-state index contributed by atoms with van der Waals surface area (Å²) in [7, 11) is 0. The number of nitrogens with zero attached hydrogens (tertiary/aromatic N) is 1. The van der Waals surface area contributed by atoms with Gasteiger partial charge in [-0.2, -0.15) is 0 Å². The van der Waals surface area contributed by atoms with Crippen molar-refractivity contribution in [1.82, 2.24) is 10.2 Å². The first-order chi connectivity index (χ1) is 8.16. The lowest BCUT2D eigenvalue weighted by atomic mass is 10.1. The van der Waals surface area contributed by atoms with Crippen LogP contribution in [0.1, 0.15) is 31.5 Å². The maximum atomic E-state index is 12.1. The van der Waals surface area contributed by atoms with Crippen molar-refractivity contribution >= 4 is 17.5 Å². The SMILES string of the molecule is CC1NC(c2ccc(Cl)cc2)N(C2CC2)C1=O. The third-order valence-electron chi connectivity index (χ3n) is 3.44. The smallest absolute Gasteiger partial charge is 0.241 e. The highest BCUT2D eigenvalue weighted by Gasteiger charge is 2.44. The minimum Gasteiger partial charge on any atom is -0.319 e. The van der Waals surface area contributed by atoms with Gasteiger partial charge in [0.15, 0.2) is 0 Å². The van der Waals surface area contributed by atoms with Crippen molar-refractivity contribution in [3.05, 3.63) is 34.9 Å². The molecule has 1 amide bonds. The summed E-state index contributed by atoms with van der Waals surface area (Å²) in [5.74, 6) is 0.215. The van der Waals surface area contributed by atoms with E-state index in [9.17, 15) is 4.79 Å². The van der Waals surface area contributed by atoms with Gasteiger partial charge in [0, 0.05) is 11.1 Å². The van der Waals surface area contributed by atoms with E-state index >= 15 is 0 Å². The van der Waals surface area contributed by atoms with E-state index in [1.807, 2.05) is 36.1 Å². The predicted molar refractivity (Wildman–Crippen MR) is 66.7 cm³/mol. The maximum absolute atomic E-state index is 12.1. The molecular weight excluding hydrogens is 236 g/mol. The zero-order valence-electron chi connectivity index (χ0n) is 9.69. The van der Waals surface area contributed by atoms with E-state index in [0.717, 1.165) is 23.4 Å². The molecule has 2 atom stereocenters. The zero-order chi connectivity index (χ0) is 12.0. The lowest BCUT2D eigenvalue weighted by molar-refractivity contribution is -0.130. The van der Waals surface area contributed by atoms with Gasteiger partial charge in [-0.3, -0.25) is 10.1 Å². The molecule has 1 aromatic carbocycles. The fourth-order valence-electron chi connectivity index (χ4n) is 2.38. The molecular formula is C13H15ClN2O. The van der Waals surface area contributed by atoms with Crippen LogP contribution < -0.4 is 5.32 Å². The quantitative estimate of drug-likeness (QED) is 0.874. The van der Waals surface area contributed by atoms with Gasteiger partial charge in [-0.05, 0) is 37.5 Å². The Morgan fingerprint density at radius 2 is 1.94 bits per heavy atom. The maximum Gasteiger partial charge on any atom is 0.241 e. The summed E-state index contributed by atoms with van der Waals surface area (Å²) >= 11 is 5.89. The molecule has 1 aliphatic carbocycles. The van der Waals surface area contributed by atoms with Gasteiger partial charge in [0.1, 0.15) is 6.17 Å². The van der Waals surface area contributed by atoms with Crippen LogP contribution in [0, 0.1) is 0 Å². The largest absolute Gasteiger partial charge is 0.319 e. The van der Waals surface area contributed by atoms with E-state index in [1.54, 1.807) is 0 Å². The van der Waals surface area contributed by atoms with E-state index in [0.29, 0.717) is 6.04 Å². The first-order valence-electron chi connectivity index (χ1n) is 6.00. The van der Waals surface area contributed by atoms with Gasteiger partial charge < -0.3 is 4.90 Å². The van der Waals surface area contributed by atoms with Crippen molar-refractivity contribution < 1.29 is 4.79 Å². The number of hydrogen-bond donors (Lipinski definition) is 1. The van der Waals surface area contributed by atoms with E-state index in [1.165, 1.54) is 0 Å². The van der Waals surface area contributed by atoms with Gasteiger partial charge in [-0.25, -0.2) is 0 Å². The van der Waals surface area contributed by atoms with Gasteiger partial charge in [0.05, 0.1) is 6.04 Å². The molecule has 0 aromatic heterocycles. The average Bonchev–Trinajstić information content (AvgIpc) is 3.09. The summed E-state index contributed by atoms with van der Waals surface area (Å²) in [5.41, 5.74) is 1.11. The lowest BCUT2D eigenvalue weighted by Crippen LogP contribution is -2.32. The summed E-state index contributed by atoms with van der Waals surface area (Å²) in [4.78, 5) is 14.1. The molecule has 90 valence electrons. The molecule has 1 aromatic rings. The molecule has 1 aliphatic heterocycles. The normalized spacial score (nSPS) is 28.8. The molecule has 3 nitrogen and oxygen atoms in total.